The Kier molecular flexibility index (Phi) is 4.83. The lowest BCUT2D eigenvalue weighted by atomic mass is 9.87. The predicted octanol–water partition coefficient (Wildman–Crippen LogP) is 4.64. The number of hydrogen-bond acceptors (Lipinski definition) is 4. The molecule has 1 atom stereocenters. The van der Waals surface area contributed by atoms with Crippen molar-refractivity contribution in [3.63, 3.8) is 0 Å². The Labute approximate surface area is 175 Å². The van der Waals surface area contributed by atoms with Gasteiger partial charge in [0.2, 0.25) is 5.89 Å². The van der Waals surface area contributed by atoms with E-state index in [1.807, 2.05) is 31.2 Å². The largest absolute Gasteiger partial charge is 0.444 e. The zero-order valence-electron chi connectivity index (χ0n) is 16.7. The predicted molar refractivity (Wildman–Crippen MR) is 105 cm³/mol. The molecular weight excluding hydrogens is 411 g/mol. The molecule has 6 nitrogen and oxygen atoms in total. The summed E-state index contributed by atoms with van der Waals surface area (Å²) in [4.78, 5) is 30.7. The van der Waals surface area contributed by atoms with E-state index >= 15 is 0 Å². The number of nitrogens with one attached hydrogen (secondary N) is 1. The number of oxazole rings is 1. The first kappa shape index (κ1) is 20.6. The average Bonchev–Trinajstić information content (AvgIpc) is 3.27. The second-order valence-corrected chi connectivity index (χ2v) is 7.50. The monoisotopic (exact) mass is 429 g/mol. The van der Waals surface area contributed by atoms with Crippen LogP contribution in [0.15, 0.2) is 59.2 Å². The Morgan fingerprint density at radius 1 is 1.10 bits per heavy atom. The molecule has 1 aromatic heterocycles. The number of halogens is 3. The fourth-order valence-electron chi connectivity index (χ4n) is 3.56. The van der Waals surface area contributed by atoms with Gasteiger partial charge in [0.1, 0.15) is 11.8 Å². The number of nitrogens with zero attached hydrogens (tertiary/aromatic N) is 2. The lowest BCUT2D eigenvalue weighted by Crippen LogP contribution is -2.42. The van der Waals surface area contributed by atoms with Crippen LogP contribution in [0, 0.1) is 6.92 Å². The summed E-state index contributed by atoms with van der Waals surface area (Å²) in [6.45, 7) is 2.97. The highest BCUT2D eigenvalue weighted by Crippen LogP contribution is 2.39. The second-order valence-electron chi connectivity index (χ2n) is 7.50. The minimum atomic E-state index is -4.67. The first-order chi connectivity index (χ1) is 14.6. The lowest BCUT2D eigenvalue weighted by molar-refractivity contribution is -0.140. The van der Waals surface area contributed by atoms with Crippen LogP contribution in [0.2, 0.25) is 0 Å². The minimum Gasteiger partial charge on any atom is -0.444 e. The van der Waals surface area contributed by atoms with Gasteiger partial charge in [-0.2, -0.15) is 13.2 Å². The van der Waals surface area contributed by atoms with Gasteiger partial charge < -0.3 is 9.73 Å². The minimum absolute atomic E-state index is 0.232. The molecule has 160 valence electrons. The Balaban J connectivity index is 1.61. The quantitative estimate of drug-likeness (QED) is 0.614. The fraction of sp³-hybridized carbons (Fsp3) is 0.227. The first-order valence-corrected chi connectivity index (χ1v) is 9.42. The first-order valence-electron chi connectivity index (χ1n) is 9.42. The molecule has 2 aromatic carbocycles. The van der Waals surface area contributed by atoms with E-state index in [4.69, 9.17) is 4.42 Å². The van der Waals surface area contributed by atoms with Crippen LogP contribution in [0.3, 0.4) is 0 Å². The summed E-state index contributed by atoms with van der Waals surface area (Å²) in [6, 6.07) is 11.3. The normalized spacial score (nSPS) is 19.1. The molecule has 1 fully saturated rings. The molecular formula is C22H18F3N3O3. The van der Waals surface area contributed by atoms with Crippen LogP contribution in [0.5, 0.6) is 0 Å². The molecule has 0 spiro atoms. The van der Waals surface area contributed by atoms with E-state index in [1.165, 1.54) is 31.4 Å². The lowest BCUT2D eigenvalue weighted by Gasteiger charge is -2.25. The Hall–Kier alpha value is -3.62. The third-order valence-electron chi connectivity index (χ3n) is 5.22. The Morgan fingerprint density at radius 3 is 2.45 bits per heavy atom. The molecule has 1 aliphatic heterocycles. The molecule has 0 aliphatic carbocycles. The highest BCUT2D eigenvalue weighted by atomic mass is 19.4. The Bertz CT molecular complexity index is 1150. The summed E-state index contributed by atoms with van der Waals surface area (Å²) >= 11 is 0. The van der Waals surface area contributed by atoms with E-state index in [0.717, 1.165) is 22.1 Å². The smallest absolute Gasteiger partial charge is 0.416 e. The summed E-state index contributed by atoms with van der Waals surface area (Å²) in [5, 5.41) is 2.40. The number of carbonyl (C=O) groups excluding carboxylic acids is 2. The molecule has 3 aromatic rings. The fourth-order valence-corrected chi connectivity index (χ4v) is 3.56. The number of aryl methyl sites for hydroxylation is 1. The number of carbonyl (C=O) groups is 2. The van der Waals surface area contributed by atoms with Gasteiger partial charge in [-0.3, -0.25) is 9.69 Å². The second kappa shape index (κ2) is 7.26. The third kappa shape index (κ3) is 3.67. The SMILES string of the molecule is Cc1ccc(-c2nc(CN3C(=O)NC(C)(c4ccccc4C(F)(F)F)C3=O)co2)cc1. The van der Waals surface area contributed by atoms with Crippen molar-refractivity contribution in [2.24, 2.45) is 0 Å². The summed E-state index contributed by atoms with van der Waals surface area (Å²) in [5.74, 6) is -0.485. The molecule has 1 saturated heterocycles. The standard InChI is InChI=1S/C22H18F3N3O3/c1-13-7-9-14(10-8-13)18-26-15(12-31-18)11-28-19(29)21(2,27-20(28)30)16-5-3-4-6-17(16)22(23,24)25/h3-10,12H,11H2,1-2H3,(H,27,30). The highest BCUT2D eigenvalue weighted by Gasteiger charge is 2.52. The van der Waals surface area contributed by atoms with E-state index in [1.54, 1.807) is 0 Å². The van der Waals surface area contributed by atoms with Gasteiger partial charge in [0, 0.05) is 5.56 Å². The van der Waals surface area contributed by atoms with Crippen molar-refractivity contribution in [1.82, 2.24) is 15.2 Å². The maximum absolute atomic E-state index is 13.5. The number of amides is 3. The van der Waals surface area contributed by atoms with Crippen molar-refractivity contribution < 1.29 is 27.2 Å². The number of hydrogen-bond donors (Lipinski definition) is 1. The summed E-state index contributed by atoms with van der Waals surface area (Å²) < 4.78 is 45.8. The van der Waals surface area contributed by atoms with Crippen LogP contribution in [0.1, 0.15) is 29.3 Å². The maximum Gasteiger partial charge on any atom is 0.416 e. The van der Waals surface area contributed by atoms with E-state index in [9.17, 15) is 22.8 Å². The topological polar surface area (TPSA) is 75.4 Å². The van der Waals surface area contributed by atoms with Crippen molar-refractivity contribution >= 4 is 11.9 Å². The van der Waals surface area contributed by atoms with E-state index in [0.29, 0.717) is 11.6 Å². The van der Waals surface area contributed by atoms with Gasteiger partial charge in [-0.25, -0.2) is 9.78 Å². The van der Waals surface area contributed by atoms with Crippen LogP contribution in [-0.2, 0) is 23.1 Å². The molecule has 1 unspecified atom stereocenters. The van der Waals surface area contributed by atoms with Gasteiger partial charge in [0.05, 0.1) is 17.8 Å². The molecule has 9 heteroatoms. The van der Waals surface area contributed by atoms with Gasteiger partial charge >= 0.3 is 12.2 Å². The van der Waals surface area contributed by atoms with Gasteiger partial charge in [0.15, 0.2) is 0 Å². The van der Waals surface area contributed by atoms with E-state index in [2.05, 4.69) is 10.3 Å². The van der Waals surface area contributed by atoms with Crippen LogP contribution in [-0.4, -0.2) is 21.8 Å². The van der Waals surface area contributed by atoms with Crippen molar-refractivity contribution in [3.8, 4) is 11.5 Å². The number of imide groups is 1. The highest BCUT2D eigenvalue weighted by molar-refractivity contribution is 6.07. The molecule has 1 N–H and O–H groups in total. The Morgan fingerprint density at radius 2 is 1.77 bits per heavy atom. The summed E-state index contributed by atoms with van der Waals surface area (Å²) in [7, 11) is 0. The van der Waals surface area contributed by atoms with E-state index < -0.39 is 29.2 Å². The third-order valence-corrected chi connectivity index (χ3v) is 5.22. The summed E-state index contributed by atoms with van der Waals surface area (Å²) in [5.41, 5.74) is -1.06. The van der Waals surface area contributed by atoms with Crippen molar-refractivity contribution in [2.45, 2.75) is 32.1 Å². The zero-order chi connectivity index (χ0) is 22.4. The number of alkyl halides is 3. The van der Waals surface area contributed by atoms with Crippen LogP contribution < -0.4 is 5.32 Å². The van der Waals surface area contributed by atoms with Gasteiger partial charge in [-0.05, 0) is 37.6 Å². The average molecular weight is 429 g/mol. The summed E-state index contributed by atoms with van der Waals surface area (Å²) in [6.07, 6.45) is -3.36. The zero-order valence-corrected chi connectivity index (χ0v) is 16.7. The molecule has 0 bridgehead atoms. The molecule has 31 heavy (non-hydrogen) atoms. The molecule has 1 aliphatic rings. The van der Waals surface area contributed by atoms with E-state index in [-0.39, 0.29) is 12.1 Å². The van der Waals surface area contributed by atoms with Crippen LogP contribution >= 0.6 is 0 Å². The number of urea groups is 1. The maximum atomic E-state index is 13.5. The molecule has 3 amide bonds. The number of rotatable bonds is 4. The van der Waals surface area contributed by atoms with Crippen molar-refractivity contribution in [3.05, 3.63) is 77.2 Å². The van der Waals surface area contributed by atoms with Gasteiger partial charge in [-0.1, -0.05) is 35.9 Å². The molecule has 0 saturated carbocycles. The van der Waals surface area contributed by atoms with Crippen LogP contribution in [0.25, 0.3) is 11.5 Å². The van der Waals surface area contributed by atoms with Gasteiger partial charge in [0.25, 0.3) is 5.91 Å². The number of benzene rings is 2. The molecule has 4 rings (SSSR count). The van der Waals surface area contributed by atoms with Crippen LogP contribution in [0.4, 0.5) is 18.0 Å². The number of aromatic nitrogens is 1. The van der Waals surface area contributed by atoms with Gasteiger partial charge in [-0.15, -0.1) is 0 Å². The van der Waals surface area contributed by atoms with Crippen molar-refractivity contribution in [1.29, 1.82) is 0 Å². The van der Waals surface area contributed by atoms with Crippen molar-refractivity contribution in [2.75, 3.05) is 0 Å². The molecule has 0 radical (unpaired) electrons. The molecule has 2 heterocycles.